The predicted octanol–water partition coefficient (Wildman–Crippen LogP) is 5.43. The van der Waals surface area contributed by atoms with Crippen molar-refractivity contribution in [2.75, 3.05) is 32.6 Å². The molecule has 0 aromatic carbocycles. The lowest BCUT2D eigenvalue weighted by Gasteiger charge is -2.45. The molecule has 0 aliphatic heterocycles. The summed E-state index contributed by atoms with van der Waals surface area (Å²) in [7, 11) is 5.58. The van der Waals surface area contributed by atoms with Gasteiger partial charge in [0, 0.05) is 23.9 Å². The van der Waals surface area contributed by atoms with Crippen molar-refractivity contribution in [2.24, 2.45) is 23.2 Å². The van der Waals surface area contributed by atoms with Crippen LogP contribution < -0.4 is 4.90 Å². The molecule has 2 fully saturated rings. The highest BCUT2D eigenvalue weighted by atomic mass is 32.1. The maximum Gasteiger partial charge on any atom is 0.350 e. The maximum atomic E-state index is 13.9. The molecule has 3 rings (SSSR count). The van der Waals surface area contributed by atoms with Crippen molar-refractivity contribution in [3.05, 3.63) is 15.8 Å². The summed E-state index contributed by atoms with van der Waals surface area (Å²) in [6, 6.07) is 2.07. The Kier molecular flexibility index (Phi) is 8.29. The standard InChI is InChI=1S/C27H40N2O3S/c1-18-8-10-20(11-9-18)25(30)29(21-14-19(15-21)17-28(5)6)23-16-22(12-13-27(2,3)4)33-24(23)26(31)32-7/h16,18-21H,8-11,14-15,17H2,1-7H3/t18-,19-,20-,21-. The van der Waals surface area contributed by atoms with Crippen LogP contribution in [0.5, 0.6) is 0 Å². The Morgan fingerprint density at radius 3 is 2.33 bits per heavy atom. The molecule has 5 nitrogen and oxygen atoms in total. The molecule has 0 N–H and O–H groups in total. The minimum absolute atomic E-state index is 0.0311. The molecule has 0 radical (unpaired) electrons. The van der Waals surface area contributed by atoms with Crippen LogP contribution in [0.3, 0.4) is 0 Å². The fourth-order valence-corrected chi connectivity index (χ4v) is 5.81. The third-order valence-electron chi connectivity index (χ3n) is 6.71. The second kappa shape index (κ2) is 10.6. The highest BCUT2D eigenvalue weighted by molar-refractivity contribution is 7.15. The molecule has 0 saturated heterocycles. The average molecular weight is 473 g/mol. The first kappa shape index (κ1) is 25.8. The van der Waals surface area contributed by atoms with Crippen LogP contribution in [0.15, 0.2) is 6.07 Å². The van der Waals surface area contributed by atoms with E-state index in [0.717, 1.165) is 49.9 Å². The summed E-state index contributed by atoms with van der Waals surface area (Å²) in [6.07, 6.45) is 5.97. The number of hydrogen-bond acceptors (Lipinski definition) is 5. The average Bonchev–Trinajstić information content (AvgIpc) is 3.13. The minimum Gasteiger partial charge on any atom is -0.465 e. The molecule has 0 atom stereocenters. The number of carbonyl (C=O) groups excluding carboxylic acids is 2. The van der Waals surface area contributed by atoms with Gasteiger partial charge in [-0.15, -0.1) is 11.3 Å². The van der Waals surface area contributed by atoms with Gasteiger partial charge >= 0.3 is 5.97 Å². The summed E-state index contributed by atoms with van der Waals surface area (Å²) in [4.78, 5) is 32.1. The van der Waals surface area contributed by atoms with Crippen molar-refractivity contribution >= 4 is 28.9 Å². The first-order chi connectivity index (χ1) is 15.5. The molecule has 33 heavy (non-hydrogen) atoms. The molecule has 1 amide bonds. The number of ether oxygens (including phenoxy) is 1. The zero-order valence-electron chi connectivity index (χ0n) is 21.4. The first-order valence-corrected chi connectivity index (χ1v) is 13.0. The Hall–Kier alpha value is -1.84. The molecule has 1 aromatic rings. The summed E-state index contributed by atoms with van der Waals surface area (Å²) < 4.78 is 5.11. The van der Waals surface area contributed by atoms with E-state index < -0.39 is 5.97 Å². The number of methoxy groups -OCH3 is 1. The second-order valence-corrected chi connectivity index (χ2v) is 12.3. The van der Waals surface area contributed by atoms with Crippen molar-refractivity contribution in [3.8, 4) is 11.8 Å². The number of hydrogen-bond donors (Lipinski definition) is 0. The smallest absolute Gasteiger partial charge is 0.350 e. The Bertz CT molecular complexity index is 904. The van der Waals surface area contributed by atoms with E-state index in [-0.39, 0.29) is 23.3 Å². The summed E-state index contributed by atoms with van der Waals surface area (Å²) in [5, 5.41) is 0. The first-order valence-electron chi connectivity index (χ1n) is 12.2. The maximum absolute atomic E-state index is 13.9. The molecule has 1 aromatic heterocycles. The van der Waals surface area contributed by atoms with Crippen molar-refractivity contribution in [1.82, 2.24) is 4.90 Å². The number of amides is 1. The minimum atomic E-state index is -0.391. The Morgan fingerprint density at radius 2 is 1.79 bits per heavy atom. The molecule has 1 heterocycles. The third-order valence-corrected chi connectivity index (χ3v) is 7.73. The van der Waals surface area contributed by atoms with E-state index in [2.05, 4.69) is 58.5 Å². The van der Waals surface area contributed by atoms with Gasteiger partial charge < -0.3 is 14.5 Å². The van der Waals surface area contributed by atoms with Gasteiger partial charge in [-0.2, -0.15) is 0 Å². The molecule has 0 unspecified atom stereocenters. The number of thiophene rings is 1. The van der Waals surface area contributed by atoms with Crippen LogP contribution in [0.2, 0.25) is 0 Å². The topological polar surface area (TPSA) is 49.9 Å². The molecular weight excluding hydrogens is 432 g/mol. The lowest BCUT2D eigenvalue weighted by atomic mass is 9.77. The molecule has 2 aliphatic carbocycles. The number of rotatable bonds is 6. The summed E-state index contributed by atoms with van der Waals surface area (Å²) >= 11 is 1.34. The van der Waals surface area contributed by atoms with Crippen LogP contribution >= 0.6 is 11.3 Å². The third kappa shape index (κ3) is 6.61. The molecule has 2 aliphatic rings. The van der Waals surface area contributed by atoms with Gasteiger partial charge in [0.15, 0.2) is 0 Å². The number of carbonyl (C=O) groups is 2. The Balaban J connectivity index is 1.96. The number of esters is 1. The lowest BCUT2D eigenvalue weighted by molar-refractivity contribution is -0.124. The molecule has 182 valence electrons. The normalized spacial score (nSPS) is 25.1. The van der Waals surface area contributed by atoms with Crippen LogP contribution in [-0.4, -0.2) is 50.6 Å². The van der Waals surface area contributed by atoms with Gasteiger partial charge in [-0.05, 0) is 91.3 Å². The molecular formula is C27H40N2O3S. The zero-order chi connectivity index (χ0) is 24.3. The van der Waals surface area contributed by atoms with E-state index in [0.29, 0.717) is 22.4 Å². The van der Waals surface area contributed by atoms with E-state index in [1.54, 1.807) is 0 Å². The van der Waals surface area contributed by atoms with E-state index >= 15 is 0 Å². The number of anilines is 1. The molecule has 2 saturated carbocycles. The predicted molar refractivity (Wildman–Crippen MR) is 136 cm³/mol. The van der Waals surface area contributed by atoms with Gasteiger partial charge in [-0.25, -0.2) is 4.79 Å². The van der Waals surface area contributed by atoms with Crippen LogP contribution in [0.4, 0.5) is 5.69 Å². The van der Waals surface area contributed by atoms with Crippen molar-refractivity contribution in [2.45, 2.75) is 72.3 Å². The van der Waals surface area contributed by atoms with Crippen molar-refractivity contribution in [1.29, 1.82) is 0 Å². The van der Waals surface area contributed by atoms with Gasteiger partial charge in [0.05, 0.1) is 17.7 Å². The number of nitrogens with zero attached hydrogens (tertiary/aromatic N) is 2. The van der Waals surface area contributed by atoms with Gasteiger partial charge in [0.25, 0.3) is 0 Å². The fourth-order valence-electron chi connectivity index (χ4n) is 4.89. The quantitative estimate of drug-likeness (QED) is 0.409. The highest BCUT2D eigenvalue weighted by Gasteiger charge is 2.41. The summed E-state index contributed by atoms with van der Waals surface area (Å²) in [6.45, 7) is 9.48. The highest BCUT2D eigenvalue weighted by Crippen LogP contribution is 2.42. The fraction of sp³-hybridized carbons (Fsp3) is 0.704. The van der Waals surface area contributed by atoms with E-state index in [1.165, 1.54) is 18.4 Å². The Morgan fingerprint density at radius 1 is 1.15 bits per heavy atom. The van der Waals surface area contributed by atoms with E-state index in [4.69, 9.17) is 4.74 Å². The second-order valence-electron chi connectivity index (χ2n) is 11.2. The van der Waals surface area contributed by atoms with Crippen LogP contribution in [0.1, 0.15) is 80.8 Å². The monoisotopic (exact) mass is 472 g/mol. The van der Waals surface area contributed by atoms with Crippen LogP contribution in [0.25, 0.3) is 0 Å². The molecule has 0 spiro atoms. The van der Waals surface area contributed by atoms with Gasteiger partial charge in [-0.1, -0.05) is 18.8 Å². The van der Waals surface area contributed by atoms with E-state index in [9.17, 15) is 9.59 Å². The molecule has 0 bridgehead atoms. The largest absolute Gasteiger partial charge is 0.465 e. The summed E-state index contributed by atoms with van der Waals surface area (Å²) in [5.74, 6) is 7.56. The van der Waals surface area contributed by atoms with Crippen LogP contribution in [0, 0.1) is 35.0 Å². The molecule has 6 heteroatoms. The summed E-state index contributed by atoms with van der Waals surface area (Å²) in [5.41, 5.74) is 0.555. The van der Waals surface area contributed by atoms with Gasteiger partial charge in [-0.3, -0.25) is 4.79 Å². The van der Waals surface area contributed by atoms with Crippen molar-refractivity contribution < 1.29 is 14.3 Å². The van der Waals surface area contributed by atoms with Crippen LogP contribution in [-0.2, 0) is 9.53 Å². The SMILES string of the molecule is COC(=O)c1sc(C#CC(C)(C)C)cc1N(C(=O)[C@H]1CC[C@H](C)CC1)[C@H]1C[C@H](CN(C)C)C1. The zero-order valence-corrected chi connectivity index (χ0v) is 22.2. The van der Waals surface area contributed by atoms with Gasteiger partial charge in [0.2, 0.25) is 5.91 Å². The van der Waals surface area contributed by atoms with Crippen molar-refractivity contribution in [3.63, 3.8) is 0 Å². The Labute approximate surface area is 203 Å². The van der Waals surface area contributed by atoms with Gasteiger partial charge in [0.1, 0.15) is 4.88 Å². The lowest BCUT2D eigenvalue weighted by Crippen LogP contribution is -2.52. The van der Waals surface area contributed by atoms with E-state index in [1.807, 2.05) is 11.0 Å².